The van der Waals surface area contributed by atoms with Crippen molar-refractivity contribution in [1.29, 1.82) is 0 Å². The van der Waals surface area contributed by atoms with Gasteiger partial charge in [-0.3, -0.25) is 19.1 Å². The number of fused-ring (bicyclic) bond motifs is 6. The zero-order chi connectivity index (χ0) is 35.6. The molecule has 6 heterocycles. The average molecular weight is 711 g/mol. The number of halogens is 2. The van der Waals surface area contributed by atoms with Crippen molar-refractivity contribution in [3.63, 3.8) is 0 Å². The van der Waals surface area contributed by atoms with Crippen LogP contribution >= 0.6 is 11.3 Å². The van der Waals surface area contributed by atoms with Gasteiger partial charge in [0.25, 0.3) is 0 Å². The zero-order valence-corrected chi connectivity index (χ0v) is 28.9. The minimum absolute atomic E-state index is 0.0490. The van der Waals surface area contributed by atoms with Gasteiger partial charge in [0.15, 0.2) is 0 Å². The van der Waals surface area contributed by atoms with Crippen molar-refractivity contribution in [2.24, 2.45) is 13.0 Å². The van der Waals surface area contributed by atoms with Crippen LogP contribution in [0.3, 0.4) is 0 Å². The van der Waals surface area contributed by atoms with Crippen LogP contribution in [0, 0.1) is 17.6 Å². The van der Waals surface area contributed by atoms with Crippen molar-refractivity contribution in [1.82, 2.24) is 29.4 Å². The number of aliphatic hydroxyl groups excluding tert-OH is 1. The lowest BCUT2D eigenvalue weighted by Crippen LogP contribution is -2.37. The lowest BCUT2D eigenvalue weighted by molar-refractivity contribution is -0.127. The molecule has 0 saturated heterocycles. The summed E-state index contributed by atoms with van der Waals surface area (Å²) in [7, 11) is 1.84. The summed E-state index contributed by atoms with van der Waals surface area (Å²) in [6, 6.07) is 6.05. The molecule has 2 aliphatic rings. The number of amides is 1. The van der Waals surface area contributed by atoms with Gasteiger partial charge in [0, 0.05) is 52.9 Å². The number of carbonyl (C=O) groups is 1. The second-order valence-corrected chi connectivity index (χ2v) is 13.3. The Labute approximate surface area is 297 Å². The van der Waals surface area contributed by atoms with Gasteiger partial charge in [-0.1, -0.05) is 19.6 Å². The average Bonchev–Trinajstić information content (AvgIpc) is 3.86. The van der Waals surface area contributed by atoms with E-state index < -0.39 is 17.6 Å². The van der Waals surface area contributed by atoms with Gasteiger partial charge in [-0.25, -0.2) is 8.78 Å². The molecule has 1 N–H and O–H groups in total. The molecule has 1 aromatic carbocycles. The van der Waals surface area contributed by atoms with E-state index in [2.05, 4.69) is 11.7 Å². The van der Waals surface area contributed by atoms with E-state index in [0.717, 1.165) is 38.8 Å². The number of thiophene rings is 1. The van der Waals surface area contributed by atoms with E-state index in [4.69, 9.17) is 24.7 Å². The molecule has 2 aliphatic heterocycles. The number of pyridine rings is 1. The fraction of sp³-hybridized carbons (Fsp3) is 0.263. The molecule has 1 amide bonds. The van der Waals surface area contributed by atoms with Gasteiger partial charge in [0.1, 0.15) is 24.0 Å². The van der Waals surface area contributed by atoms with Crippen molar-refractivity contribution in [2.45, 2.75) is 25.9 Å². The summed E-state index contributed by atoms with van der Waals surface area (Å²) >= 11 is 1.45. The quantitative estimate of drug-likeness (QED) is 0.0799. The van der Waals surface area contributed by atoms with E-state index in [9.17, 15) is 9.18 Å². The zero-order valence-electron chi connectivity index (χ0n) is 28.1. The first-order valence-corrected chi connectivity index (χ1v) is 17.4. The Kier molecular flexibility index (Phi) is 9.65. The smallest absolute Gasteiger partial charge is 0.246 e. The molecule has 0 radical (unpaired) electrons. The first kappa shape index (κ1) is 34.1. The summed E-state index contributed by atoms with van der Waals surface area (Å²) in [4.78, 5) is 19.4. The number of ether oxygens (including phenoxy) is 2. The standard InChI is InChI=1S/C38H36F2N6O4S/c1-4-33(48)45-11-12-46-26(21-45)19-30(43-46)34-23(2)22-50-32-18-25(39)17-28(40)35(32)36-37(34)42-29(27-10-16-51-38(27)36)8-7-24-20-41-44(3)31(24)9-15-49-14-6-5-13-47/h4-10,15-20,23,34,47H,1,11-14,21-22H2,2-3H3/b6-5+,8-7+,15-9+. The number of nitrogens with zero attached hydrogens (tertiary/aromatic N) is 6. The molecule has 0 spiro atoms. The molecule has 262 valence electrons. The predicted molar refractivity (Wildman–Crippen MR) is 193 cm³/mol. The first-order valence-electron chi connectivity index (χ1n) is 16.5. The number of hydrogen-bond donors (Lipinski definition) is 1. The van der Waals surface area contributed by atoms with Gasteiger partial charge in [-0.2, -0.15) is 10.2 Å². The Hall–Kier alpha value is -5.40. The lowest BCUT2D eigenvalue weighted by Gasteiger charge is -2.29. The number of benzene rings is 1. The fourth-order valence-electron chi connectivity index (χ4n) is 6.67. The van der Waals surface area contributed by atoms with E-state index in [1.165, 1.54) is 23.5 Å². The van der Waals surface area contributed by atoms with Crippen LogP contribution in [0.25, 0.3) is 39.4 Å². The molecule has 0 fully saturated rings. The van der Waals surface area contributed by atoms with Crippen LogP contribution in [-0.2, 0) is 29.7 Å². The Morgan fingerprint density at radius 2 is 2.04 bits per heavy atom. The number of hydrogen-bond acceptors (Lipinski definition) is 8. The van der Waals surface area contributed by atoms with Crippen LogP contribution in [-0.4, -0.2) is 66.8 Å². The second kappa shape index (κ2) is 14.4. The monoisotopic (exact) mass is 710 g/mol. The Bertz CT molecular complexity index is 2220. The van der Waals surface area contributed by atoms with Crippen LogP contribution in [0.2, 0.25) is 0 Å². The van der Waals surface area contributed by atoms with Gasteiger partial charge in [-0.15, -0.1) is 11.3 Å². The van der Waals surface area contributed by atoms with Crippen molar-refractivity contribution in [2.75, 3.05) is 26.4 Å². The summed E-state index contributed by atoms with van der Waals surface area (Å²) in [6.45, 7) is 7.51. The van der Waals surface area contributed by atoms with Gasteiger partial charge in [-0.05, 0) is 47.9 Å². The number of aromatic nitrogens is 5. The molecule has 5 aromatic rings. The highest BCUT2D eigenvalue weighted by Crippen LogP contribution is 2.48. The normalized spacial score (nSPS) is 17.4. The molecule has 10 nitrogen and oxygen atoms in total. The maximum Gasteiger partial charge on any atom is 0.246 e. The predicted octanol–water partition coefficient (Wildman–Crippen LogP) is 6.57. The molecule has 2 unspecified atom stereocenters. The summed E-state index contributed by atoms with van der Waals surface area (Å²) in [5.74, 6) is -2.09. The van der Waals surface area contributed by atoms with Crippen LogP contribution in [0.4, 0.5) is 8.78 Å². The molecule has 13 heteroatoms. The highest BCUT2D eigenvalue weighted by atomic mass is 32.1. The molecule has 0 bridgehead atoms. The van der Waals surface area contributed by atoms with E-state index >= 15 is 4.39 Å². The summed E-state index contributed by atoms with van der Waals surface area (Å²) in [5.41, 5.74) is 5.23. The lowest BCUT2D eigenvalue weighted by atomic mass is 9.82. The maximum atomic E-state index is 16.0. The topological polar surface area (TPSA) is 108 Å². The van der Waals surface area contributed by atoms with E-state index in [1.807, 2.05) is 54.4 Å². The SMILES string of the molecule is C=CC(=O)N1CCn2nc(C3c4nc(/C=C/c5cnn(C)c5/C=C/OC/C=C/CO)c5ccsc5c4-c4c(F)cc(F)cc4OCC3C)cc2C1. The first-order chi connectivity index (χ1) is 24.8. The number of carbonyl (C=O) groups excluding carboxylic acids is 1. The van der Waals surface area contributed by atoms with Gasteiger partial charge in [0.2, 0.25) is 5.91 Å². The molecule has 4 aromatic heterocycles. The van der Waals surface area contributed by atoms with Crippen molar-refractivity contribution < 1.29 is 28.2 Å². The fourth-order valence-corrected chi connectivity index (χ4v) is 7.64. The third-order valence-corrected chi connectivity index (χ3v) is 10.1. The maximum absolute atomic E-state index is 16.0. The Morgan fingerprint density at radius 1 is 1.18 bits per heavy atom. The molecule has 0 aliphatic carbocycles. The molecule has 2 atom stereocenters. The molecular formula is C38H36F2N6O4S. The van der Waals surface area contributed by atoms with Gasteiger partial charge >= 0.3 is 0 Å². The molecular weight excluding hydrogens is 675 g/mol. The van der Waals surface area contributed by atoms with E-state index in [0.29, 0.717) is 43.2 Å². The van der Waals surface area contributed by atoms with E-state index in [-0.39, 0.29) is 36.4 Å². The number of rotatable bonds is 9. The largest absolute Gasteiger partial charge is 0.497 e. The van der Waals surface area contributed by atoms with Gasteiger partial charge in [0.05, 0.1) is 78.7 Å². The summed E-state index contributed by atoms with van der Waals surface area (Å²) in [5, 5.41) is 21.1. The summed E-state index contributed by atoms with van der Waals surface area (Å²) in [6.07, 6.45) is 13.6. The third kappa shape index (κ3) is 6.62. The molecule has 0 saturated carbocycles. The van der Waals surface area contributed by atoms with Crippen LogP contribution < -0.4 is 4.74 Å². The van der Waals surface area contributed by atoms with Crippen molar-refractivity contribution in [3.05, 3.63) is 113 Å². The Balaban J connectivity index is 1.36. The minimum atomic E-state index is -0.733. The highest BCUT2D eigenvalue weighted by Gasteiger charge is 2.36. The van der Waals surface area contributed by atoms with E-state index in [1.54, 1.807) is 34.2 Å². The molecule has 7 rings (SSSR count). The van der Waals surface area contributed by atoms with Crippen LogP contribution in [0.1, 0.15) is 46.9 Å². The second-order valence-electron chi connectivity index (χ2n) is 12.4. The van der Waals surface area contributed by atoms with Gasteiger partial charge < -0.3 is 19.5 Å². The van der Waals surface area contributed by atoms with Crippen LogP contribution in [0.5, 0.6) is 5.75 Å². The van der Waals surface area contributed by atoms with Crippen LogP contribution in [0.15, 0.2) is 66.9 Å². The number of aryl methyl sites for hydroxylation is 1. The minimum Gasteiger partial charge on any atom is -0.497 e. The Morgan fingerprint density at radius 3 is 2.86 bits per heavy atom. The number of aliphatic hydroxyl groups is 1. The summed E-state index contributed by atoms with van der Waals surface area (Å²) < 4.78 is 46.7. The highest BCUT2D eigenvalue weighted by molar-refractivity contribution is 7.17. The van der Waals surface area contributed by atoms with Crippen molar-refractivity contribution >= 4 is 45.6 Å². The molecule has 51 heavy (non-hydrogen) atoms. The third-order valence-electron chi connectivity index (χ3n) is 9.14. The van der Waals surface area contributed by atoms with Crippen molar-refractivity contribution in [3.8, 4) is 16.9 Å².